The van der Waals surface area contributed by atoms with Crippen LogP contribution in [-0.4, -0.2) is 22.2 Å². The molecule has 1 aromatic rings. The zero-order chi connectivity index (χ0) is 14.4. The number of aromatic nitrogens is 2. The van der Waals surface area contributed by atoms with Crippen molar-refractivity contribution in [2.75, 3.05) is 12.4 Å². The minimum Gasteiger partial charge on any atom is -0.311 e. The molecule has 1 heterocycles. The van der Waals surface area contributed by atoms with Crippen LogP contribution in [0.3, 0.4) is 0 Å². The van der Waals surface area contributed by atoms with Gasteiger partial charge in [0.2, 0.25) is 0 Å². The number of nitrogens with zero attached hydrogens (tertiary/aromatic N) is 2. The van der Waals surface area contributed by atoms with Gasteiger partial charge in [0.25, 0.3) is 0 Å². The maximum atomic E-state index is 6.22. The average Bonchev–Trinajstić information content (AvgIpc) is 2.96. The van der Waals surface area contributed by atoms with Gasteiger partial charge in [-0.2, -0.15) is 5.10 Å². The van der Waals surface area contributed by atoms with Crippen molar-refractivity contribution in [2.24, 2.45) is 5.41 Å². The molecular formula is C16H28ClN3. The van der Waals surface area contributed by atoms with Gasteiger partial charge >= 0.3 is 0 Å². The molecule has 0 aliphatic heterocycles. The molecule has 1 fully saturated rings. The van der Waals surface area contributed by atoms with Gasteiger partial charge in [-0.3, -0.25) is 4.68 Å². The normalized spacial score (nSPS) is 19.9. The fourth-order valence-electron chi connectivity index (χ4n) is 3.02. The van der Waals surface area contributed by atoms with Crippen LogP contribution >= 0.6 is 11.6 Å². The molecule has 1 saturated carbocycles. The van der Waals surface area contributed by atoms with Gasteiger partial charge in [0, 0.05) is 31.2 Å². The van der Waals surface area contributed by atoms with E-state index in [1.807, 2.05) is 0 Å². The number of hydrogen-bond acceptors (Lipinski definition) is 2. The maximum Gasteiger partial charge on any atom is 0.0762 e. The van der Waals surface area contributed by atoms with E-state index in [-0.39, 0.29) is 0 Å². The van der Waals surface area contributed by atoms with Crippen molar-refractivity contribution >= 4 is 11.6 Å². The quantitative estimate of drug-likeness (QED) is 0.767. The van der Waals surface area contributed by atoms with Crippen LogP contribution in [-0.2, 0) is 6.54 Å². The third-order valence-electron chi connectivity index (χ3n) is 4.71. The summed E-state index contributed by atoms with van der Waals surface area (Å²) in [5, 5.41) is 8.21. The fourth-order valence-corrected chi connectivity index (χ4v) is 3.38. The summed E-state index contributed by atoms with van der Waals surface area (Å²) < 4.78 is 2.06. The van der Waals surface area contributed by atoms with E-state index >= 15 is 0 Å². The van der Waals surface area contributed by atoms with Gasteiger partial charge in [0.15, 0.2) is 0 Å². The van der Waals surface area contributed by atoms with Crippen molar-refractivity contribution < 1.29 is 0 Å². The number of alkyl halides is 1. The van der Waals surface area contributed by atoms with E-state index < -0.39 is 0 Å². The molecule has 3 nitrogen and oxygen atoms in total. The van der Waals surface area contributed by atoms with E-state index in [2.05, 4.69) is 41.2 Å². The second kappa shape index (κ2) is 7.46. The second-order valence-corrected chi connectivity index (χ2v) is 6.61. The average molecular weight is 298 g/mol. The highest BCUT2D eigenvalue weighted by molar-refractivity contribution is 6.18. The Hall–Kier alpha value is -0.540. The zero-order valence-corrected chi connectivity index (χ0v) is 13.6. The Morgan fingerprint density at radius 1 is 1.40 bits per heavy atom. The van der Waals surface area contributed by atoms with Crippen LogP contribution in [0.1, 0.15) is 64.1 Å². The van der Waals surface area contributed by atoms with Crippen LogP contribution in [0.5, 0.6) is 0 Å². The van der Waals surface area contributed by atoms with Crippen LogP contribution < -0.4 is 5.32 Å². The maximum absolute atomic E-state index is 6.22. The van der Waals surface area contributed by atoms with Crippen molar-refractivity contribution in [2.45, 2.75) is 65.0 Å². The molecule has 1 unspecified atom stereocenters. The number of halogens is 1. The molecule has 0 amide bonds. The van der Waals surface area contributed by atoms with Crippen molar-refractivity contribution in [3.8, 4) is 0 Å². The second-order valence-electron chi connectivity index (χ2n) is 6.34. The van der Waals surface area contributed by atoms with Crippen LogP contribution in [0.25, 0.3) is 0 Å². The predicted molar refractivity (Wildman–Crippen MR) is 85.2 cm³/mol. The first-order valence-electron chi connectivity index (χ1n) is 8.00. The summed E-state index contributed by atoms with van der Waals surface area (Å²) in [5.41, 5.74) is 1.45. The van der Waals surface area contributed by atoms with Crippen molar-refractivity contribution in [3.63, 3.8) is 0 Å². The van der Waals surface area contributed by atoms with Crippen LogP contribution in [0.2, 0.25) is 0 Å². The Bertz CT molecular complexity index is 396. The molecule has 0 radical (unpaired) electrons. The molecule has 20 heavy (non-hydrogen) atoms. The van der Waals surface area contributed by atoms with E-state index in [0.29, 0.717) is 11.5 Å². The fraction of sp³-hybridized carbons (Fsp3) is 0.812. The van der Waals surface area contributed by atoms with E-state index in [1.165, 1.54) is 32.1 Å². The molecule has 1 aliphatic carbocycles. The van der Waals surface area contributed by atoms with E-state index in [1.54, 1.807) is 0 Å². The lowest BCUT2D eigenvalue weighted by Crippen LogP contribution is -2.37. The van der Waals surface area contributed by atoms with Gasteiger partial charge in [-0.05, 0) is 37.7 Å². The van der Waals surface area contributed by atoms with E-state index in [4.69, 9.17) is 11.6 Å². The number of hydrogen-bond donors (Lipinski definition) is 1. The van der Waals surface area contributed by atoms with Gasteiger partial charge in [0.1, 0.15) is 0 Å². The topological polar surface area (TPSA) is 29.9 Å². The molecule has 1 atom stereocenters. The molecule has 4 heteroatoms. The first kappa shape index (κ1) is 15.8. The Morgan fingerprint density at radius 3 is 2.80 bits per heavy atom. The van der Waals surface area contributed by atoms with Gasteiger partial charge in [-0.25, -0.2) is 0 Å². The summed E-state index contributed by atoms with van der Waals surface area (Å²) >= 11 is 6.22. The highest BCUT2D eigenvalue weighted by Crippen LogP contribution is 2.36. The highest BCUT2D eigenvalue weighted by Gasteiger charge is 2.30. The van der Waals surface area contributed by atoms with Gasteiger partial charge in [0.05, 0.1) is 5.69 Å². The van der Waals surface area contributed by atoms with E-state index in [0.717, 1.165) is 31.1 Å². The smallest absolute Gasteiger partial charge is 0.0762 e. The monoisotopic (exact) mass is 297 g/mol. The van der Waals surface area contributed by atoms with Crippen molar-refractivity contribution in [1.29, 1.82) is 0 Å². The van der Waals surface area contributed by atoms with Crippen LogP contribution in [0, 0.1) is 5.41 Å². The molecule has 1 aromatic heterocycles. The number of nitrogens with one attached hydrogen (secondary N) is 1. The molecule has 114 valence electrons. The predicted octanol–water partition coefficient (Wildman–Crippen LogP) is 4.13. The van der Waals surface area contributed by atoms with Crippen LogP contribution in [0.4, 0.5) is 0 Å². The lowest BCUT2D eigenvalue weighted by molar-refractivity contribution is 0.211. The van der Waals surface area contributed by atoms with Gasteiger partial charge in [-0.1, -0.05) is 26.2 Å². The third kappa shape index (κ3) is 3.98. The van der Waals surface area contributed by atoms with Crippen molar-refractivity contribution in [1.82, 2.24) is 15.1 Å². The Kier molecular flexibility index (Phi) is 5.91. The largest absolute Gasteiger partial charge is 0.311 e. The molecule has 1 N–H and O–H groups in total. The number of rotatable bonds is 7. The minimum absolute atomic E-state index is 0.319. The summed E-state index contributed by atoms with van der Waals surface area (Å²) in [6.45, 7) is 6.26. The molecule has 0 bridgehead atoms. The summed E-state index contributed by atoms with van der Waals surface area (Å²) in [5.74, 6) is 0.779. The minimum atomic E-state index is 0.319. The standard InChI is InChI=1S/C16H28ClN3/c1-3-14(2)20-10-7-15(19-20)11-18-13-16(12-17)8-5-4-6-9-16/h7,10,14,18H,3-6,8-9,11-13H2,1-2H3. The highest BCUT2D eigenvalue weighted by atomic mass is 35.5. The van der Waals surface area contributed by atoms with Crippen LogP contribution in [0.15, 0.2) is 12.3 Å². The molecule has 2 rings (SSSR count). The molecule has 0 spiro atoms. The van der Waals surface area contributed by atoms with Gasteiger partial charge < -0.3 is 5.32 Å². The summed E-state index contributed by atoms with van der Waals surface area (Å²) in [7, 11) is 0. The first-order chi connectivity index (χ1) is 9.69. The Morgan fingerprint density at radius 2 is 2.15 bits per heavy atom. The summed E-state index contributed by atoms with van der Waals surface area (Å²) in [6.07, 6.45) is 9.77. The summed E-state index contributed by atoms with van der Waals surface area (Å²) in [4.78, 5) is 0. The molecule has 0 aromatic carbocycles. The molecule has 0 saturated heterocycles. The van der Waals surface area contributed by atoms with E-state index in [9.17, 15) is 0 Å². The lowest BCUT2D eigenvalue weighted by atomic mass is 9.75. The first-order valence-corrected chi connectivity index (χ1v) is 8.53. The lowest BCUT2D eigenvalue weighted by Gasteiger charge is -2.35. The summed E-state index contributed by atoms with van der Waals surface area (Å²) in [6, 6.07) is 2.60. The SMILES string of the molecule is CCC(C)n1ccc(CNCC2(CCl)CCCCC2)n1. The Balaban J connectivity index is 1.81. The zero-order valence-electron chi connectivity index (χ0n) is 12.9. The molecule has 1 aliphatic rings. The van der Waals surface area contributed by atoms with Crippen molar-refractivity contribution in [3.05, 3.63) is 18.0 Å². The van der Waals surface area contributed by atoms with Gasteiger partial charge in [-0.15, -0.1) is 11.6 Å². The molecular weight excluding hydrogens is 270 g/mol. The Labute approximate surface area is 128 Å². The third-order valence-corrected chi connectivity index (χ3v) is 5.28.